The van der Waals surface area contributed by atoms with E-state index in [0.29, 0.717) is 39.1 Å². The zero-order valence-electron chi connectivity index (χ0n) is 22.3. The highest BCUT2D eigenvalue weighted by Gasteiger charge is 2.28. The molecule has 40 heavy (non-hydrogen) atoms. The fraction of sp³-hybridized carbons (Fsp3) is 0.276. The molecular weight excluding hydrogens is 532 g/mol. The smallest absolute Gasteiger partial charge is 0.304 e. The third-order valence-corrected chi connectivity index (χ3v) is 8.19. The Labute approximate surface area is 232 Å². The first-order valence-corrected chi connectivity index (χ1v) is 14.2. The van der Waals surface area contributed by atoms with Gasteiger partial charge in [0.2, 0.25) is 0 Å². The van der Waals surface area contributed by atoms with Gasteiger partial charge in [0.15, 0.2) is 11.1 Å². The van der Waals surface area contributed by atoms with E-state index >= 15 is 0 Å². The molecule has 1 atom stereocenters. The van der Waals surface area contributed by atoms with Gasteiger partial charge in [-0.2, -0.15) is 12.7 Å². The second-order valence-electron chi connectivity index (χ2n) is 9.55. The quantitative estimate of drug-likeness (QED) is 0.351. The second-order valence-corrected chi connectivity index (χ2v) is 11.2. The van der Waals surface area contributed by atoms with Crippen LogP contribution in [0.25, 0.3) is 22.3 Å². The number of nitrogens with zero attached hydrogens (tertiary/aromatic N) is 2. The molecule has 0 spiro atoms. The number of carbonyl (C=O) groups is 1. The summed E-state index contributed by atoms with van der Waals surface area (Å²) in [4.78, 5) is 30.6. The van der Waals surface area contributed by atoms with Gasteiger partial charge < -0.3 is 14.5 Å². The van der Waals surface area contributed by atoms with Crippen LogP contribution in [0.3, 0.4) is 0 Å². The SMILES string of the molecule is Cc1cc([C@@H](C)Nc2cccnc2C(=O)NS(=O)(=O)N2CCOCC2)c2oc(-c3cc#ccc3)c(C)c(=O)c2c1. The van der Waals surface area contributed by atoms with Gasteiger partial charge in [-0.15, -0.1) is 0 Å². The maximum atomic E-state index is 13.4. The van der Waals surface area contributed by atoms with Crippen molar-refractivity contribution in [3.8, 4) is 11.3 Å². The monoisotopic (exact) mass is 560 g/mol. The Bertz CT molecular complexity index is 1730. The Balaban J connectivity index is 1.50. The van der Waals surface area contributed by atoms with Crippen molar-refractivity contribution in [3.05, 3.63) is 93.4 Å². The average molecular weight is 561 g/mol. The van der Waals surface area contributed by atoms with Crippen LogP contribution in [-0.4, -0.2) is 49.9 Å². The van der Waals surface area contributed by atoms with Gasteiger partial charge in [0.25, 0.3) is 5.91 Å². The molecule has 2 aromatic carbocycles. The molecule has 11 heteroatoms. The zero-order chi connectivity index (χ0) is 28.4. The Kier molecular flexibility index (Phi) is 7.58. The van der Waals surface area contributed by atoms with Crippen LogP contribution >= 0.6 is 0 Å². The molecule has 1 fully saturated rings. The van der Waals surface area contributed by atoms with Crippen LogP contribution in [0, 0.1) is 26.0 Å². The number of aryl methyl sites for hydroxylation is 1. The molecule has 5 rings (SSSR count). The van der Waals surface area contributed by atoms with Crippen molar-refractivity contribution in [2.24, 2.45) is 0 Å². The summed E-state index contributed by atoms with van der Waals surface area (Å²) in [5.74, 6) is -0.424. The number of hydrogen-bond acceptors (Lipinski definition) is 8. The van der Waals surface area contributed by atoms with E-state index < -0.39 is 22.2 Å². The standard InChI is InChI=1S/C29H28N4O6S/c1-18-16-22(28-23(17-18)26(34)19(2)27(39-28)21-8-5-4-6-9-21)20(3)31-24-10-7-11-30-25(24)29(35)32-40(36,37)33-12-14-38-15-13-33/h5,7-11,16-17,20,31H,12-15H2,1-3H3,(H,32,35)/t20-/m1/s1. The van der Waals surface area contributed by atoms with E-state index in [1.807, 2.05) is 19.9 Å². The van der Waals surface area contributed by atoms with Crippen LogP contribution in [0.5, 0.6) is 0 Å². The van der Waals surface area contributed by atoms with Crippen LogP contribution in [0.1, 0.15) is 40.1 Å². The van der Waals surface area contributed by atoms with E-state index in [4.69, 9.17) is 9.15 Å². The number of morpholine rings is 1. The molecule has 1 saturated heterocycles. The van der Waals surface area contributed by atoms with Gasteiger partial charge in [-0.3, -0.25) is 9.59 Å². The molecular formula is C29H28N4O6S. The number of rotatable bonds is 7. The number of amides is 1. The van der Waals surface area contributed by atoms with Crippen molar-refractivity contribution >= 4 is 32.8 Å². The summed E-state index contributed by atoms with van der Waals surface area (Å²) in [5.41, 5.74) is 3.24. The predicted octanol–water partition coefficient (Wildman–Crippen LogP) is 3.55. The molecule has 0 bridgehead atoms. The minimum Gasteiger partial charge on any atom is -0.455 e. The summed E-state index contributed by atoms with van der Waals surface area (Å²) in [7, 11) is -4.07. The molecule has 1 aliphatic rings. The lowest BCUT2D eigenvalue weighted by Crippen LogP contribution is -2.48. The molecule has 1 aliphatic heterocycles. The van der Waals surface area contributed by atoms with Gasteiger partial charge in [0.1, 0.15) is 11.3 Å². The summed E-state index contributed by atoms with van der Waals surface area (Å²) >= 11 is 0. The fourth-order valence-corrected chi connectivity index (χ4v) is 5.77. The third kappa shape index (κ3) is 5.42. The van der Waals surface area contributed by atoms with Crippen molar-refractivity contribution in [1.29, 1.82) is 0 Å². The molecule has 2 N–H and O–H groups in total. The number of fused-ring (bicyclic) bond motifs is 1. The van der Waals surface area contributed by atoms with Crippen LogP contribution in [-0.2, 0) is 14.9 Å². The molecule has 206 valence electrons. The molecule has 1 amide bonds. The van der Waals surface area contributed by atoms with Gasteiger partial charge in [-0.05, 0) is 62.7 Å². The van der Waals surface area contributed by atoms with E-state index in [1.165, 1.54) is 6.20 Å². The summed E-state index contributed by atoms with van der Waals surface area (Å²) < 4.78 is 40.3. The highest BCUT2D eigenvalue weighted by Crippen LogP contribution is 2.32. The van der Waals surface area contributed by atoms with E-state index in [1.54, 1.807) is 43.3 Å². The van der Waals surface area contributed by atoms with Crippen LogP contribution in [0.15, 0.2) is 57.9 Å². The van der Waals surface area contributed by atoms with Crippen LogP contribution in [0.2, 0.25) is 0 Å². The highest BCUT2D eigenvalue weighted by molar-refractivity contribution is 7.87. The first kappa shape index (κ1) is 27.3. The van der Waals surface area contributed by atoms with Crippen molar-refractivity contribution < 1.29 is 22.4 Å². The molecule has 10 nitrogen and oxygen atoms in total. The topological polar surface area (TPSA) is 131 Å². The lowest BCUT2D eigenvalue weighted by atomic mass is 9.99. The van der Waals surface area contributed by atoms with Gasteiger partial charge in [0.05, 0.1) is 30.3 Å². The van der Waals surface area contributed by atoms with Gasteiger partial charge in [0, 0.05) is 36.0 Å². The number of pyridine rings is 1. The van der Waals surface area contributed by atoms with E-state index in [0.717, 1.165) is 9.87 Å². The van der Waals surface area contributed by atoms with Crippen molar-refractivity contribution in [3.63, 3.8) is 0 Å². The van der Waals surface area contributed by atoms with Gasteiger partial charge >= 0.3 is 10.2 Å². The number of carbonyl (C=O) groups excluding carboxylic acids is 1. The molecule has 0 saturated carbocycles. The Morgan fingerprint density at radius 2 is 1.93 bits per heavy atom. The lowest BCUT2D eigenvalue weighted by molar-refractivity contribution is 0.0718. The first-order valence-electron chi connectivity index (χ1n) is 12.7. The summed E-state index contributed by atoms with van der Waals surface area (Å²) in [5, 5.41) is 3.70. The normalized spacial score (nSPS) is 14.9. The number of nitrogens with one attached hydrogen (secondary N) is 2. The van der Waals surface area contributed by atoms with Gasteiger partial charge in [-0.25, -0.2) is 9.71 Å². The number of benzene rings is 1. The molecule has 0 unspecified atom stereocenters. The second kappa shape index (κ2) is 11.1. The largest absolute Gasteiger partial charge is 0.455 e. The molecule has 0 radical (unpaired) electrons. The first-order chi connectivity index (χ1) is 19.2. The van der Waals surface area contributed by atoms with E-state index in [9.17, 15) is 18.0 Å². The summed E-state index contributed by atoms with van der Waals surface area (Å²) in [6.45, 7) is 6.29. The van der Waals surface area contributed by atoms with Crippen molar-refractivity contribution in [2.45, 2.75) is 26.8 Å². The predicted molar refractivity (Wildman–Crippen MR) is 150 cm³/mol. The third-order valence-electron chi connectivity index (χ3n) is 6.70. The number of anilines is 1. The maximum Gasteiger partial charge on any atom is 0.304 e. The Hall–Kier alpha value is -4.24. The van der Waals surface area contributed by atoms with E-state index in [2.05, 4.69) is 27.2 Å². The zero-order valence-corrected chi connectivity index (χ0v) is 23.1. The van der Waals surface area contributed by atoms with Crippen molar-refractivity contribution in [1.82, 2.24) is 14.0 Å². The molecule has 2 aromatic heterocycles. The maximum absolute atomic E-state index is 13.4. The Morgan fingerprint density at radius 3 is 2.65 bits per heavy atom. The summed E-state index contributed by atoms with van der Waals surface area (Å²) in [6, 6.07) is 17.5. The van der Waals surface area contributed by atoms with Crippen LogP contribution < -0.4 is 15.5 Å². The number of hydrogen-bond donors (Lipinski definition) is 2. The molecule has 3 heterocycles. The Morgan fingerprint density at radius 1 is 1.15 bits per heavy atom. The minimum atomic E-state index is -4.07. The minimum absolute atomic E-state index is 0.0859. The summed E-state index contributed by atoms with van der Waals surface area (Å²) in [6.07, 6.45) is 1.41. The van der Waals surface area contributed by atoms with Crippen molar-refractivity contribution in [2.75, 3.05) is 31.6 Å². The fourth-order valence-electron chi connectivity index (χ4n) is 4.68. The van der Waals surface area contributed by atoms with Crippen LogP contribution in [0.4, 0.5) is 5.69 Å². The van der Waals surface area contributed by atoms with Gasteiger partial charge in [-0.1, -0.05) is 18.2 Å². The average Bonchev–Trinajstić information content (AvgIpc) is 2.95. The molecule has 4 aromatic rings. The highest BCUT2D eigenvalue weighted by atomic mass is 32.2. The number of aromatic nitrogens is 1. The lowest BCUT2D eigenvalue weighted by Gasteiger charge is -2.26. The molecule has 0 aliphatic carbocycles. The van der Waals surface area contributed by atoms with E-state index in [-0.39, 0.29) is 37.4 Å². The number of ether oxygens (including phenoxy) is 1.